The first kappa shape index (κ1) is 15.6. The lowest BCUT2D eigenvalue weighted by molar-refractivity contribution is -0.394. The van der Waals surface area contributed by atoms with Crippen molar-refractivity contribution in [2.75, 3.05) is 0 Å². The van der Waals surface area contributed by atoms with E-state index >= 15 is 0 Å². The standard InChI is InChI=1S/C18H10N4O4/c23-21(24)13-7-12(8-14(10-13)22(25)26)16-9-11-3-1-5-19-17(11)18-15(16)4-2-6-20-18/h1-10H. The molecule has 4 aromatic rings. The van der Waals surface area contributed by atoms with Crippen LogP contribution in [0.5, 0.6) is 0 Å². The number of aromatic nitrogens is 2. The van der Waals surface area contributed by atoms with Crippen molar-refractivity contribution in [3.05, 3.63) is 81.2 Å². The number of hydrogen-bond donors (Lipinski definition) is 0. The molecule has 2 heterocycles. The quantitative estimate of drug-likeness (QED) is 0.311. The molecule has 2 aromatic carbocycles. The minimum absolute atomic E-state index is 0.336. The Kier molecular flexibility index (Phi) is 3.51. The van der Waals surface area contributed by atoms with Crippen molar-refractivity contribution < 1.29 is 9.85 Å². The second-order valence-corrected chi connectivity index (χ2v) is 5.65. The first-order valence-corrected chi connectivity index (χ1v) is 7.61. The van der Waals surface area contributed by atoms with Crippen LogP contribution in [0.2, 0.25) is 0 Å². The molecule has 0 radical (unpaired) electrons. The fourth-order valence-corrected chi connectivity index (χ4v) is 2.98. The van der Waals surface area contributed by atoms with Crippen LogP contribution in [0.4, 0.5) is 11.4 Å². The molecule has 26 heavy (non-hydrogen) atoms. The summed E-state index contributed by atoms with van der Waals surface area (Å²) in [6.45, 7) is 0. The molecule has 0 amide bonds. The zero-order chi connectivity index (χ0) is 18.3. The number of pyridine rings is 2. The van der Waals surface area contributed by atoms with Gasteiger partial charge in [0, 0.05) is 35.3 Å². The van der Waals surface area contributed by atoms with Gasteiger partial charge in [0.1, 0.15) is 0 Å². The molecule has 0 aliphatic heterocycles. The molecule has 8 nitrogen and oxygen atoms in total. The highest BCUT2D eigenvalue weighted by atomic mass is 16.6. The van der Waals surface area contributed by atoms with E-state index < -0.39 is 9.85 Å². The van der Waals surface area contributed by atoms with Gasteiger partial charge in [0.05, 0.1) is 26.9 Å². The molecule has 0 atom stereocenters. The molecule has 0 aliphatic carbocycles. The average molecular weight is 346 g/mol. The van der Waals surface area contributed by atoms with Gasteiger partial charge in [-0.05, 0) is 29.3 Å². The van der Waals surface area contributed by atoms with Crippen LogP contribution in [-0.2, 0) is 0 Å². The number of fused-ring (bicyclic) bond motifs is 3. The summed E-state index contributed by atoms with van der Waals surface area (Å²) >= 11 is 0. The molecule has 126 valence electrons. The van der Waals surface area contributed by atoms with Gasteiger partial charge in [-0.3, -0.25) is 30.2 Å². The summed E-state index contributed by atoms with van der Waals surface area (Å²) in [4.78, 5) is 29.9. The maximum atomic E-state index is 11.2. The minimum Gasteiger partial charge on any atom is -0.258 e. The summed E-state index contributed by atoms with van der Waals surface area (Å²) in [5.74, 6) is 0. The van der Waals surface area contributed by atoms with Gasteiger partial charge in [-0.1, -0.05) is 12.1 Å². The highest BCUT2D eigenvalue weighted by Crippen LogP contribution is 2.36. The molecular weight excluding hydrogens is 336 g/mol. The maximum Gasteiger partial charge on any atom is 0.276 e. The minimum atomic E-state index is -0.639. The van der Waals surface area contributed by atoms with Crippen LogP contribution in [0.3, 0.4) is 0 Å². The zero-order valence-electron chi connectivity index (χ0n) is 13.2. The highest BCUT2D eigenvalue weighted by molar-refractivity contribution is 6.10. The van der Waals surface area contributed by atoms with E-state index in [1.165, 1.54) is 12.1 Å². The van der Waals surface area contributed by atoms with Crippen LogP contribution in [0, 0.1) is 20.2 Å². The lowest BCUT2D eigenvalue weighted by Gasteiger charge is -2.09. The summed E-state index contributed by atoms with van der Waals surface area (Å²) in [6.07, 6.45) is 3.30. The van der Waals surface area contributed by atoms with Gasteiger partial charge in [0.15, 0.2) is 0 Å². The van der Waals surface area contributed by atoms with Gasteiger partial charge >= 0.3 is 0 Å². The van der Waals surface area contributed by atoms with E-state index in [9.17, 15) is 20.2 Å². The van der Waals surface area contributed by atoms with E-state index in [1.807, 2.05) is 18.2 Å². The fraction of sp³-hybridized carbons (Fsp3) is 0. The molecule has 4 rings (SSSR count). The lowest BCUT2D eigenvalue weighted by Crippen LogP contribution is -1.95. The van der Waals surface area contributed by atoms with E-state index in [2.05, 4.69) is 9.97 Å². The first-order valence-electron chi connectivity index (χ1n) is 7.61. The largest absolute Gasteiger partial charge is 0.276 e. The summed E-state index contributed by atoms with van der Waals surface area (Å²) in [5, 5.41) is 23.9. The second-order valence-electron chi connectivity index (χ2n) is 5.65. The molecule has 8 heteroatoms. The summed E-state index contributed by atoms with van der Waals surface area (Å²) < 4.78 is 0. The van der Waals surface area contributed by atoms with Crippen molar-refractivity contribution >= 4 is 33.2 Å². The van der Waals surface area contributed by atoms with Gasteiger partial charge < -0.3 is 0 Å². The molecule has 0 aliphatic rings. The maximum absolute atomic E-state index is 11.2. The van der Waals surface area contributed by atoms with Crippen LogP contribution in [-0.4, -0.2) is 19.8 Å². The van der Waals surface area contributed by atoms with E-state index in [4.69, 9.17) is 0 Å². The Balaban J connectivity index is 2.11. The van der Waals surface area contributed by atoms with Crippen molar-refractivity contribution in [3.63, 3.8) is 0 Å². The van der Waals surface area contributed by atoms with Gasteiger partial charge in [-0.2, -0.15) is 0 Å². The van der Waals surface area contributed by atoms with E-state index in [1.54, 1.807) is 24.5 Å². The van der Waals surface area contributed by atoms with Crippen molar-refractivity contribution in [1.29, 1.82) is 0 Å². The van der Waals surface area contributed by atoms with Crippen molar-refractivity contribution in [1.82, 2.24) is 9.97 Å². The molecule has 2 aromatic heterocycles. The summed E-state index contributed by atoms with van der Waals surface area (Å²) in [6, 6.07) is 12.6. The molecular formula is C18H10N4O4. The lowest BCUT2D eigenvalue weighted by atomic mass is 9.97. The summed E-state index contributed by atoms with van der Waals surface area (Å²) in [7, 11) is 0. The summed E-state index contributed by atoms with van der Waals surface area (Å²) in [5.41, 5.74) is 1.67. The number of hydrogen-bond acceptors (Lipinski definition) is 6. The molecule has 0 spiro atoms. The Hall–Kier alpha value is -3.94. The van der Waals surface area contributed by atoms with E-state index in [0.717, 1.165) is 11.5 Å². The Morgan fingerprint density at radius 3 is 2.04 bits per heavy atom. The predicted octanol–water partition coefficient (Wildman–Crippen LogP) is 4.27. The molecule has 0 unspecified atom stereocenters. The molecule has 0 saturated carbocycles. The number of rotatable bonds is 3. The number of nitro benzene ring substituents is 2. The van der Waals surface area contributed by atoms with E-state index in [-0.39, 0.29) is 11.4 Å². The third-order valence-electron chi connectivity index (χ3n) is 4.10. The number of benzene rings is 2. The fourth-order valence-electron chi connectivity index (χ4n) is 2.98. The van der Waals surface area contributed by atoms with Gasteiger partial charge in [0.25, 0.3) is 11.4 Å². The third kappa shape index (κ3) is 2.49. The molecule has 0 N–H and O–H groups in total. The van der Waals surface area contributed by atoms with Crippen LogP contribution in [0.25, 0.3) is 32.9 Å². The third-order valence-corrected chi connectivity index (χ3v) is 4.10. The topological polar surface area (TPSA) is 112 Å². The van der Waals surface area contributed by atoms with Crippen LogP contribution < -0.4 is 0 Å². The van der Waals surface area contributed by atoms with Crippen molar-refractivity contribution in [2.24, 2.45) is 0 Å². The second kappa shape index (κ2) is 5.85. The Labute approximate surface area is 146 Å². The van der Waals surface area contributed by atoms with Crippen molar-refractivity contribution in [2.45, 2.75) is 0 Å². The van der Waals surface area contributed by atoms with E-state index in [0.29, 0.717) is 27.5 Å². The average Bonchev–Trinajstić information content (AvgIpc) is 2.67. The van der Waals surface area contributed by atoms with Gasteiger partial charge in [-0.15, -0.1) is 0 Å². The molecule has 0 saturated heterocycles. The normalized spacial score (nSPS) is 10.9. The van der Waals surface area contributed by atoms with Crippen LogP contribution in [0.1, 0.15) is 0 Å². The Bertz CT molecular complexity index is 1170. The predicted molar refractivity (Wildman–Crippen MR) is 95.8 cm³/mol. The van der Waals surface area contributed by atoms with Crippen LogP contribution in [0.15, 0.2) is 60.9 Å². The Morgan fingerprint density at radius 2 is 1.38 bits per heavy atom. The number of nitro groups is 2. The van der Waals surface area contributed by atoms with Gasteiger partial charge in [-0.25, -0.2) is 0 Å². The zero-order valence-corrected chi connectivity index (χ0v) is 13.2. The smallest absolute Gasteiger partial charge is 0.258 e. The SMILES string of the molecule is O=[N+]([O-])c1cc(-c2cc3cccnc3c3ncccc23)cc([N+](=O)[O-])c1. The van der Waals surface area contributed by atoms with Gasteiger partial charge in [0.2, 0.25) is 0 Å². The van der Waals surface area contributed by atoms with Crippen LogP contribution >= 0.6 is 0 Å². The first-order chi connectivity index (χ1) is 12.5. The molecule has 0 bridgehead atoms. The van der Waals surface area contributed by atoms with Crippen molar-refractivity contribution in [3.8, 4) is 11.1 Å². The number of nitrogens with zero attached hydrogens (tertiary/aromatic N) is 4. The molecule has 0 fully saturated rings. The Morgan fingerprint density at radius 1 is 0.769 bits per heavy atom. The number of non-ortho nitro benzene ring substituents is 2. The highest BCUT2D eigenvalue weighted by Gasteiger charge is 2.19. The monoisotopic (exact) mass is 346 g/mol.